The summed E-state index contributed by atoms with van der Waals surface area (Å²) >= 11 is 1.77. The lowest BCUT2D eigenvalue weighted by molar-refractivity contribution is 0.807. The van der Waals surface area contributed by atoms with Crippen molar-refractivity contribution in [3.8, 4) is 11.1 Å². The van der Waals surface area contributed by atoms with Crippen LogP contribution in [0.1, 0.15) is 81.0 Å². The maximum Gasteiger partial charge on any atom is 0.0907 e. The molecule has 3 rings (SSSR count). The van der Waals surface area contributed by atoms with E-state index in [4.69, 9.17) is 4.98 Å². The Morgan fingerprint density at radius 3 is 1.92 bits per heavy atom. The van der Waals surface area contributed by atoms with Crippen molar-refractivity contribution in [2.45, 2.75) is 66.2 Å². The summed E-state index contributed by atoms with van der Waals surface area (Å²) in [6.45, 7) is 15.9. The molecular formula is C23H29NS. The van der Waals surface area contributed by atoms with E-state index in [1.54, 1.807) is 11.3 Å². The highest BCUT2D eigenvalue weighted by atomic mass is 32.1. The molecule has 0 amide bonds. The zero-order valence-corrected chi connectivity index (χ0v) is 17.3. The van der Waals surface area contributed by atoms with Gasteiger partial charge in [-0.25, -0.2) is 4.98 Å². The first-order chi connectivity index (χ1) is 11.8. The van der Waals surface area contributed by atoms with Gasteiger partial charge in [0.05, 0.1) is 15.2 Å². The minimum Gasteiger partial charge on any atom is -0.241 e. The number of hydrogen-bond acceptors (Lipinski definition) is 2. The topological polar surface area (TPSA) is 12.9 Å². The van der Waals surface area contributed by atoms with Crippen LogP contribution in [0.4, 0.5) is 0 Å². The van der Waals surface area contributed by atoms with E-state index in [1.807, 2.05) is 0 Å². The molecule has 0 aliphatic carbocycles. The van der Waals surface area contributed by atoms with Gasteiger partial charge >= 0.3 is 0 Å². The lowest BCUT2D eigenvalue weighted by atomic mass is 9.82. The fourth-order valence-corrected chi connectivity index (χ4v) is 4.29. The first-order valence-corrected chi connectivity index (χ1v) is 10.1. The van der Waals surface area contributed by atoms with Crippen molar-refractivity contribution in [1.29, 1.82) is 0 Å². The standard InChI is InChI=1S/C23H29NS/c1-13(2)18-10-19(14(3)4)23(20(11-18)15(5)6)17-8-9-22-21(12-17)24-16(7)25-22/h8-15H,1-7H3. The van der Waals surface area contributed by atoms with Gasteiger partial charge in [0.15, 0.2) is 0 Å². The van der Waals surface area contributed by atoms with Crippen LogP contribution >= 0.6 is 11.3 Å². The maximum absolute atomic E-state index is 4.71. The van der Waals surface area contributed by atoms with Crippen molar-refractivity contribution >= 4 is 21.6 Å². The SMILES string of the molecule is Cc1nc2cc(-c3c(C(C)C)cc(C(C)C)cc3C(C)C)ccc2s1. The van der Waals surface area contributed by atoms with Crippen LogP contribution < -0.4 is 0 Å². The van der Waals surface area contributed by atoms with E-state index in [2.05, 4.69) is 78.8 Å². The molecule has 25 heavy (non-hydrogen) atoms. The van der Waals surface area contributed by atoms with Crippen LogP contribution in [0.25, 0.3) is 21.3 Å². The summed E-state index contributed by atoms with van der Waals surface area (Å²) in [7, 11) is 0. The zero-order valence-electron chi connectivity index (χ0n) is 16.5. The fraction of sp³-hybridized carbons (Fsp3) is 0.435. The Kier molecular flexibility index (Phi) is 5.02. The third kappa shape index (κ3) is 3.50. The molecule has 2 aromatic carbocycles. The Hall–Kier alpha value is -1.67. The van der Waals surface area contributed by atoms with E-state index in [9.17, 15) is 0 Å². The summed E-state index contributed by atoms with van der Waals surface area (Å²) in [5.41, 5.74) is 8.21. The van der Waals surface area contributed by atoms with Gasteiger partial charge in [-0.1, -0.05) is 59.7 Å². The lowest BCUT2D eigenvalue weighted by Gasteiger charge is -2.23. The largest absolute Gasteiger partial charge is 0.241 e. The van der Waals surface area contributed by atoms with Gasteiger partial charge in [0.2, 0.25) is 0 Å². The quantitative estimate of drug-likeness (QED) is 0.470. The second-order valence-corrected chi connectivity index (χ2v) is 9.19. The number of aromatic nitrogens is 1. The van der Waals surface area contributed by atoms with Crippen LogP contribution in [-0.2, 0) is 0 Å². The van der Waals surface area contributed by atoms with Gasteiger partial charge in [-0.2, -0.15) is 0 Å². The molecule has 0 N–H and O–H groups in total. The Morgan fingerprint density at radius 1 is 0.800 bits per heavy atom. The number of nitrogens with zero attached hydrogens (tertiary/aromatic N) is 1. The van der Waals surface area contributed by atoms with E-state index >= 15 is 0 Å². The predicted molar refractivity (Wildman–Crippen MR) is 112 cm³/mol. The highest BCUT2D eigenvalue weighted by Crippen LogP contribution is 2.40. The second-order valence-electron chi connectivity index (χ2n) is 7.95. The summed E-state index contributed by atoms with van der Waals surface area (Å²) < 4.78 is 1.28. The molecular weight excluding hydrogens is 322 g/mol. The van der Waals surface area contributed by atoms with Gasteiger partial charge in [-0.3, -0.25) is 0 Å². The van der Waals surface area contributed by atoms with Gasteiger partial charge in [0.25, 0.3) is 0 Å². The van der Waals surface area contributed by atoms with Crippen LogP contribution in [-0.4, -0.2) is 4.98 Å². The van der Waals surface area contributed by atoms with Crippen LogP contribution in [0.2, 0.25) is 0 Å². The average Bonchev–Trinajstić information content (AvgIpc) is 2.92. The number of thiazole rings is 1. The number of rotatable bonds is 4. The molecule has 0 aliphatic heterocycles. The van der Waals surface area contributed by atoms with Crippen LogP contribution in [0.5, 0.6) is 0 Å². The monoisotopic (exact) mass is 351 g/mol. The van der Waals surface area contributed by atoms with E-state index in [0.29, 0.717) is 17.8 Å². The summed E-state index contributed by atoms with van der Waals surface area (Å²) in [4.78, 5) is 4.71. The normalized spacial score (nSPS) is 12.1. The van der Waals surface area contributed by atoms with Crippen molar-refractivity contribution in [3.63, 3.8) is 0 Å². The Balaban J connectivity index is 2.30. The zero-order chi connectivity index (χ0) is 18.3. The number of hydrogen-bond donors (Lipinski definition) is 0. The van der Waals surface area contributed by atoms with Crippen molar-refractivity contribution in [3.05, 3.63) is 52.0 Å². The molecule has 132 valence electrons. The van der Waals surface area contributed by atoms with E-state index in [0.717, 1.165) is 10.5 Å². The molecule has 0 bridgehead atoms. The van der Waals surface area contributed by atoms with Crippen LogP contribution in [0.3, 0.4) is 0 Å². The summed E-state index contributed by atoms with van der Waals surface area (Å²) in [5.74, 6) is 1.55. The van der Waals surface area contributed by atoms with E-state index in [1.165, 1.54) is 32.5 Å². The molecule has 1 heterocycles. The third-order valence-electron chi connectivity index (χ3n) is 4.92. The molecule has 2 heteroatoms. The van der Waals surface area contributed by atoms with Crippen LogP contribution in [0, 0.1) is 6.92 Å². The number of aryl methyl sites for hydroxylation is 1. The van der Waals surface area contributed by atoms with E-state index < -0.39 is 0 Å². The minimum atomic E-state index is 0.499. The highest BCUT2D eigenvalue weighted by molar-refractivity contribution is 7.18. The second kappa shape index (κ2) is 6.92. The molecule has 0 atom stereocenters. The minimum absolute atomic E-state index is 0.499. The molecule has 0 radical (unpaired) electrons. The molecule has 0 fully saturated rings. The third-order valence-corrected chi connectivity index (χ3v) is 5.87. The van der Waals surface area contributed by atoms with Crippen LogP contribution in [0.15, 0.2) is 30.3 Å². The first-order valence-electron chi connectivity index (χ1n) is 9.33. The molecule has 1 nitrogen and oxygen atoms in total. The molecule has 1 aromatic heterocycles. The summed E-state index contributed by atoms with van der Waals surface area (Å²) in [6, 6.07) is 11.6. The first kappa shape index (κ1) is 18.1. The van der Waals surface area contributed by atoms with Gasteiger partial charge in [0, 0.05) is 0 Å². The predicted octanol–water partition coefficient (Wildman–Crippen LogP) is 7.64. The lowest BCUT2D eigenvalue weighted by Crippen LogP contribution is -2.03. The van der Waals surface area contributed by atoms with Gasteiger partial charge in [0.1, 0.15) is 0 Å². The molecule has 0 aliphatic rings. The van der Waals surface area contributed by atoms with Crippen molar-refractivity contribution in [2.75, 3.05) is 0 Å². The Labute approximate surface area is 156 Å². The smallest absolute Gasteiger partial charge is 0.0907 e. The summed E-state index contributed by atoms with van der Waals surface area (Å²) in [5, 5.41) is 1.13. The van der Waals surface area contributed by atoms with Crippen molar-refractivity contribution in [1.82, 2.24) is 4.98 Å². The Morgan fingerprint density at radius 2 is 1.40 bits per heavy atom. The fourth-order valence-electron chi connectivity index (χ4n) is 3.49. The molecule has 3 aromatic rings. The molecule has 0 unspecified atom stereocenters. The summed E-state index contributed by atoms with van der Waals surface area (Å²) in [6.07, 6.45) is 0. The molecule has 0 saturated carbocycles. The highest BCUT2D eigenvalue weighted by Gasteiger charge is 2.19. The molecule has 0 saturated heterocycles. The number of fused-ring (bicyclic) bond motifs is 1. The average molecular weight is 352 g/mol. The van der Waals surface area contributed by atoms with Gasteiger partial charge < -0.3 is 0 Å². The molecule has 0 spiro atoms. The van der Waals surface area contributed by atoms with E-state index in [-0.39, 0.29) is 0 Å². The number of benzene rings is 2. The van der Waals surface area contributed by atoms with Gasteiger partial charge in [-0.05, 0) is 64.6 Å². The van der Waals surface area contributed by atoms with Gasteiger partial charge in [-0.15, -0.1) is 11.3 Å². The Bertz CT molecular complexity index is 871. The van der Waals surface area contributed by atoms with Crippen molar-refractivity contribution in [2.24, 2.45) is 0 Å². The van der Waals surface area contributed by atoms with Crippen molar-refractivity contribution < 1.29 is 0 Å². The maximum atomic E-state index is 4.71.